The zero-order valence-electron chi connectivity index (χ0n) is 12.4. The Morgan fingerprint density at radius 3 is 1.74 bits per heavy atom. The van der Waals surface area contributed by atoms with E-state index >= 15 is 0 Å². The first-order valence-corrected chi connectivity index (χ1v) is 8.56. The van der Waals surface area contributed by atoms with Gasteiger partial charge in [-0.2, -0.15) is 0 Å². The van der Waals surface area contributed by atoms with Crippen LogP contribution in [-0.4, -0.2) is 17.3 Å². The summed E-state index contributed by atoms with van der Waals surface area (Å²) in [7, 11) is 0. The molecule has 110 valence electrons. The first-order valence-electron chi connectivity index (χ1n) is 8.56. The fourth-order valence-electron chi connectivity index (χ4n) is 5.44. The third-order valence-corrected chi connectivity index (χ3v) is 6.99. The standard InChI is InChI=1S/C17H31NO/c18-14-16(8-2-1-3-9-16)17(19)12-10-15(11-13-17)6-4-5-7-15/h19H,1-14,18H2. The van der Waals surface area contributed by atoms with E-state index < -0.39 is 5.60 Å². The van der Waals surface area contributed by atoms with E-state index in [0.29, 0.717) is 12.0 Å². The van der Waals surface area contributed by atoms with Crippen molar-refractivity contribution in [3.63, 3.8) is 0 Å². The summed E-state index contributed by atoms with van der Waals surface area (Å²) in [6.07, 6.45) is 16.4. The summed E-state index contributed by atoms with van der Waals surface area (Å²) in [6, 6.07) is 0. The Morgan fingerprint density at radius 2 is 1.21 bits per heavy atom. The Kier molecular flexibility index (Phi) is 3.68. The molecule has 3 N–H and O–H groups in total. The van der Waals surface area contributed by atoms with Crippen LogP contribution in [0.5, 0.6) is 0 Å². The second kappa shape index (κ2) is 5.04. The van der Waals surface area contributed by atoms with Gasteiger partial charge < -0.3 is 10.8 Å². The molecule has 0 aliphatic heterocycles. The van der Waals surface area contributed by atoms with Gasteiger partial charge in [-0.05, 0) is 56.8 Å². The van der Waals surface area contributed by atoms with Gasteiger partial charge in [0.2, 0.25) is 0 Å². The highest BCUT2D eigenvalue weighted by Gasteiger charge is 2.53. The number of nitrogens with two attached hydrogens (primary N) is 1. The molecule has 2 heteroatoms. The lowest BCUT2D eigenvalue weighted by atomic mass is 9.55. The molecule has 1 spiro atoms. The van der Waals surface area contributed by atoms with Crippen molar-refractivity contribution >= 4 is 0 Å². The zero-order valence-corrected chi connectivity index (χ0v) is 12.4. The second-order valence-electron chi connectivity index (χ2n) is 7.78. The molecule has 3 fully saturated rings. The van der Waals surface area contributed by atoms with Gasteiger partial charge in [0.15, 0.2) is 0 Å². The molecule has 0 aromatic heterocycles. The summed E-state index contributed by atoms with van der Waals surface area (Å²) in [5.41, 5.74) is 6.35. The first kappa shape index (κ1) is 13.9. The predicted molar refractivity (Wildman–Crippen MR) is 78.9 cm³/mol. The van der Waals surface area contributed by atoms with Crippen LogP contribution in [0.2, 0.25) is 0 Å². The quantitative estimate of drug-likeness (QED) is 0.798. The van der Waals surface area contributed by atoms with E-state index in [1.54, 1.807) is 0 Å². The number of aliphatic hydroxyl groups is 1. The van der Waals surface area contributed by atoms with Crippen molar-refractivity contribution in [2.24, 2.45) is 16.6 Å². The first-order chi connectivity index (χ1) is 9.14. The van der Waals surface area contributed by atoms with Crippen molar-refractivity contribution < 1.29 is 5.11 Å². The molecule has 0 radical (unpaired) electrons. The lowest BCUT2D eigenvalue weighted by molar-refractivity contribution is -0.139. The van der Waals surface area contributed by atoms with Crippen molar-refractivity contribution in [3.8, 4) is 0 Å². The molecule has 0 aromatic rings. The van der Waals surface area contributed by atoms with Crippen LogP contribution in [0.4, 0.5) is 0 Å². The van der Waals surface area contributed by atoms with E-state index in [2.05, 4.69) is 0 Å². The Morgan fingerprint density at radius 1 is 0.684 bits per heavy atom. The maximum absolute atomic E-state index is 11.3. The van der Waals surface area contributed by atoms with Gasteiger partial charge in [-0.25, -0.2) is 0 Å². The van der Waals surface area contributed by atoms with Crippen LogP contribution in [0, 0.1) is 10.8 Å². The molecule has 3 aliphatic carbocycles. The van der Waals surface area contributed by atoms with Gasteiger partial charge in [-0.15, -0.1) is 0 Å². The van der Waals surface area contributed by atoms with Crippen molar-refractivity contribution in [3.05, 3.63) is 0 Å². The van der Waals surface area contributed by atoms with Gasteiger partial charge in [0.25, 0.3) is 0 Å². The Hall–Kier alpha value is -0.0800. The molecule has 3 rings (SSSR count). The SMILES string of the molecule is NCC1(C2(O)CCC3(CCCC3)CC2)CCCCC1. The summed E-state index contributed by atoms with van der Waals surface area (Å²) < 4.78 is 0. The van der Waals surface area contributed by atoms with Gasteiger partial charge in [-0.3, -0.25) is 0 Å². The van der Waals surface area contributed by atoms with Crippen molar-refractivity contribution in [2.75, 3.05) is 6.54 Å². The summed E-state index contributed by atoms with van der Waals surface area (Å²) in [5, 5.41) is 11.3. The van der Waals surface area contributed by atoms with Crippen LogP contribution in [-0.2, 0) is 0 Å². The van der Waals surface area contributed by atoms with Gasteiger partial charge >= 0.3 is 0 Å². The minimum Gasteiger partial charge on any atom is -0.389 e. The maximum atomic E-state index is 11.3. The van der Waals surface area contributed by atoms with Crippen molar-refractivity contribution in [1.82, 2.24) is 0 Å². The summed E-state index contributed by atoms with van der Waals surface area (Å²) in [4.78, 5) is 0. The molecular weight excluding hydrogens is 234 g/mol. The van der Waals surface area contributed by atoms with Crippen LogP contribution in [0.1, 0.15) is 83.5 Å². The fourth-order valence-corrected chi connectivity index (χ4v) is 5.44. The highest BCUT2D eigenvalue weighted by molar-refractivity contribution is 5.06. The average Bonchev–Trinajstić information content (AvgIpc) is 2.92. The lowest BCUT2D eigenvalue weighted by Gasteiger charge is -2.54. The van der Waals surface area contributed by atoms with Crippen molar-refractivity contribution in [2.45, 2.75) is 89.1 Å². The van der Waals surface area contributed by atoms with Gasteiger partial charge in [0.05, 0.1) is 5.60 Å². The van der Waals surface area contributed by atoms with E-state index in [-0.39, 0.29) is 5.41 Å². The van der Waals surface area contributed by atoms with Gasteiger partial charge in [-0.1, -0.05) is 32.1 Å². The van der Waals surface area contributed by atoms with Gasteiger partial charge in [0, 0.05) is 12.0 Å². The van der Waals surface area contributed by atoms with Crippen LogP contribution in [0.15, 0.2) is 0 Å². The monoisotopic (exact) mass is 265 g/mol. The molecular formula is C17H31NO. The Balaban J connectivity index is 1.73. The van der Waals surface area contributed by atoms with Gasteiger partial charge in [0.1, 0.15) is 0 Å². The molecule has 0 unspecified atom stereocenters. The minimum atomic E-state index is -0.448. The number of rotatable bonds is 2. The molecule has 3 aliphatic rings. The molecule has 0 amide bonds. The highest BCUT2D eigenvalue weighted by atomic mass is 16.3. The molecule has 19 heavy (non-hydrogen) atoms. The fraction of sp³-hybridized carbons (Fsp3) is 1.00. The van der Waals surface area contributed by atoms with E-state index in [9.17, 15) is 5.11 Å². The third kappa shape index (κ3) is 2.25. The predicted octanol–water partition coefficient (Wildman–Crippen LogP) is 3.76. The summed E-state index contributed by atoms with van der Waals surface area (Å²) in [6.45, 7) is 0.691. The topological polar surface area (TPSA) is 46.2 Å². The van der Waals surface area contributed by atoms with E-state index in [0.717, 1.165) is 25.7 Å². The largest absolute Gasteiger partial charge is 0.389 e. The molecule has 0 bridgehead atoms. The van der Waals surface area contributed by atoms with E-state index in [1.807, 2.05) is 0 Å². The van der Waals surface area contributed by atoms with Crippen LogP contribution in [0.3, 0.4) is 0 Å². The maximum Gasteiger partial charge on any atom is 0.0716 e. The summed E-state index contributed by atoms with van der Waals surface area (Å²) >= 11 is 0. The van der Waals surface area contributed by atoms with Crippen LogP contribution < -0.4 is 5.73 Å². The number of hydrogen-bond donors (Lipinski definition) is 2. The molecule has 0 atom stereocenters. The average molecular weight is 265 g/mol. The van der Waals surface area contributed by atoms with Crippen molar-refractivity contribution in [1.29, 1.82) is 0 Å². The Labute approximate surface area is 118 Å². The number of hydrogen-bond acceptors (Lipinski definition) is 2. The van der Waals surface area contributed by atoms with E-state index in [4.69, 9.17) is 5.73 Å². The van der Waals surface area contributed by atoms with E-state index in [1.165, 1.54) is 57.8 Å². The third-order valence-electron chi connectivity index (χ3n) is 6.99. The molecule has 0 aromatic carbocycles. The molecule has 0 saturated heterocycles. The molecule has 2 nitrogen and oxygen atoms in total. The highest BCUT2D eigenvalue weighted by Crippen LogP contribution is 2.57. The van der Waals surface area contributed by atoms with Crippen LogP contribution >= 0.6 is 0 Å². The minimum absolute atomic E-state index is 0.0471. The molecule has 3 saturated carbocycles. The second-order valence-corrected chi connectivity index (χ2v) is 7.78. The normalized spacial score (nSPS) is 32.5. The van der Waals surface area contributed by atoms with Crippen LogP contribution in [0.25, 0.3) is 0 Å². The summed E-state index contributed by atoms with van der Waals surface area (Å²) in [5.74, 6) is 0. The zero-order chi connectivity index (χ0) is 13.4. The molecule has 0 heterocycles. The Bertz CT molecular complexity index is 303. The smallest absolute Gasteiger partial charge is 0.0716 e. The lowest BCUT2D eigenvalue weighted by Crippen LogP contribution is -2.56.